The second kappa shape index (κ2) is 7.04. The van der Waals surface area contributed by atoms with Crippen molar-refractivity contribution in [2.45, 2.75) is 18.9 Å². The van der Waals surface area contributed by atoms with E-state index in [0.717, 1.165) is 6.42 Å². The van der Waals surface area contributed by atoms with Gasteiger partial charge >= 0.3 is 5.97 Å². The summed E-state index contributed by atoms with van der Waals surface area (Å²) in [7, 11) is 1.33. The predicted octanol–water partition coefficient (Wildman–Crippen LogP) is 0.0112. The van der Waals surface area contributed by atoms with Gasteiger partial charge in [0, 0.05) is 12.8 Å². The molecule has 0 aliphatic heterocycles. The zero-order valence-corrected chi connectivity index (χ0v) is 10.1. The number of carbonyl (C=O) groups excluding carboxylic acids is 1. The van der Waals surface area contributed by atoms with Crippen molar-refractivity contribution in [1.29, 1.82) is 0 Å². The van der Waals surface area contributed by atoms with E-state index in [-0.39, 0.29) is 18.6 Å². The van der Waals surface area contributed by atoms with E-state index in [2.05, 4.69) is 10.5 Å². The monoisotopic (exact) mass is 238 g/mol. The van der Waals surface area contributed by atoms with Crippen LogP contribution in [-0.2, 0) is 16.0 Å². The third-order valence-corrected chi connectivity index (χ3v) is 2.74. The van der Waals surface area contributed by atoms with E-state index >= 15 is 0 Å². The Morgan fingerprint density at radius 3 is 2.59 bits per heavy atom. The average molecular weight is 238 g/mol. The number of hydrogen-bond donors (Lipinski definition) is 2. The Morgan fingerprint density at radius 2 is 2.06 bits per heavy atom. The molecule has 0 fully saturated rings. The van der Waals surface area contributed by atoms with Gasteiger partial charge < -0.3 is 15.6 Å². The molecule has 0 saturated carbocycles. The average Bonchev–Trinajstić information content (AvgIpc) is 2.36. The summed E-state index contributed by atoms with van der Waals surface area (Å²) in [6.07, 6.45) is 1.34. The van der Waals surface area contributed by atoms with E-state index in [1.165, 1.54) is 12.7 Å². The van der Waals surface area contributed by atoms with Crippen molar-refractivity contribution in [3.05, 3.63) is 35.9 Å². The first-order chi connectivity index (χ1) is 8.17. The van der Waals surface area contributed by atoms with Gasteiger partial charge in [-0.3, -0.25) is 4.79 Å². The minimum absolute atomic E-state index is 0.0913. The quantitative estimate of drug-likeness (QED) is 0.686. The molecule has 0 heterocycles. The first-order valence-corrected chi connectivity index (χ1v) is 5.73. The maximum Gasteiger partial charge on any atom is 0.311 e. The molecule has 0 spiro atoms. The zero-order valence-electron chi connectivity index (χ0n) is 10.1. The van der Waals surface area contributed by atoms with Crippen LogP contribution in [0.4, 0.5) is 0 Å². The number of aliphatic hydroxyl groups is 1. The Morgan fingerprint density at radius 1 is 1.41 bits per heavy atom. The molecule has 1 rings (SSSR count). The fraction of sp³-hybridized carbons (Fsp3) is 0.462. The van der Waals surface area contributed by atoms with Crippen LogP contribution in [0.5, 0.6) is 0 Å². The van der Waals surface area contributed by atoms with Crippen molar-refractivity contribution in [2.75, 3.05) is 13.7 Å². The molecule has 1 aromatic carbocycles. The summed E-state index contributed by atoms with van der Waals surface area (Å²) < 4.78 is 4.63. The largest absolute Gasteiger partial charge is 0.469 e. The van der Waals surface area contributed by atoms with Gasteiger partial charge in [-0.1, -0.05) is 30.3 Å². The van der Waals surface area contributed by atoms with Gasteiger partial charge in [-0.15, -0.1) is 0 Å². The van der Waals surface area contributed by atoms with E-state index < -0.39 is 5.92 Å². The normalized spacial score (nSPS) is 14.1. The molecule has 0 aromatic heterocycles. The van der Waals surface area contributed by atoms with Crippen molar-refractivity contribution >= 4 is 5.97 Å². The molecule has 0 radical (unpaired) electrons. The lowest BCUT2D eigenvalue weighted by molar-refractivity contribution is -0.422. The smallest absolute Gasteiger partial charge is 0.311 e. The van der Waals surface area contributed by atoms with Gasteiger partial charge in [0.05, 0.1) is 25.7 Å². The Kier molecular flexibility index (Phi) is 5.66. The van der Waals surface area contributed by atoms with Crippen LogP contribution in [0.25, 0.3) is 0 Å². The molecule has 0 unspecified atom stereocenters. The predicted molar refractivity (Wildman–Crippen MR) is 64.0 cm³/mol. The first-order valence-electron chi connectivity index (χ1n) is 5.73. The van der Waals surface area contributed by atoms with Crippen molar-refractivity contribution in [3.8, 4) is 0 Å². The summed E-state index contributed by atoms with van der Waals surface area (Å²) in [5, 5.41) is 9.11. The number of benzene rings is 1. The zero-order chi connectivity index (χ0) is 12.7. The topological polar surface area (TPSA) is 74.2 Å². The molecule has 0 bridgehead atoms. The second-order valence-electron chi connectivity index (χ2n) is 4.19. The van der Waals surface area contributed by atoms with Crippen LogP contribution in [0, 0.1) is 5.92 Å². The highest BCUT2D eigenvalue weighted by atomic mass is 16.5. The van der Waals surface area contributed by atoms with Crippen LogP contribution in [0.3, 0.4) is 0 Å². The summed E-state index contributed by atoms with van der Waals surface area (Å²) in [6, 6.07) is 10.1. The molecule has 1 aromatic rings. The summed E-state index contributed by atoms with van der Waals surface area (Å²) in [4.78, 5) is 11.3. The lowest BCUT2D eigenvalue weighted by Crippen LogP contribution is -2.63. The fourth-order valence-electron chi connectivity index (χ4n) is 1.85. The van der Waals surface area contributed by atoms with Crippen LogP contribution in [0.1, 0.15) is 12.0 Å². The summed E-state index contributed by atoms with van der Waals surface area (Å²) in [5.41, 5.74) is 5.21. The summed E-state index contributed by atoms with van der Waals surface area (Å²) >= 11 is 0. The minimum atomic E-state index is -0.466. The molecule has 0 aliphatic rings. The van der Waals surface area contributed by atoms with Crippen molar-refractivity contribution in [2.24, 2.45) is 5.92 Å². The number of rotatable bonds is 6. The molecule has 0 saturated heterocycles. The van der Waals surface area contributed by atoms with Gasteiger partial charge in [0.25, 0.3) is 0 Å². The Labute approximate surface area is 101 Å². The Bertz CT molecular complexity index is 340. The van der Waals surface area contributed by atoms with E-state index in [0.29, 0.717) is 6.42 Å². The number of hydrogen-bond acceptors (Lipinski definition) is 3. The van der Waals surface area contributed by atoms with Gasteiger partial charge in [0.1, 0.15) is 0 Å². The number of carbonyl (C=O) groups is 1. The number of quaternary nitrogens is 1. The number of aliphatic hydroxyl groups excluding tert-OH is 1. The van der Waals surface area contributed by atoms with Gasteiger partial charge in [-0.05, 0) is 5.56 Å². The van der Waals surface area contributed by atoms with Crippen molar-refractivity contribution in [3.63, 3.8) is 0 Å². The lowest BCUT2D eigenvalue weighted by atomic mass is 9.96. The molecule has 17 heavy (non-hydrogen) atoms. The van der Waals surface area contributed by atoms with Crippen LogP contribution < -0.4 is 5.73 Å². The summed E-state index contributed by atoms with van der Waals surface area (Å²) in [5.74, 6) is -0.833. The molecule has 4 nitrogen and oxygen atoms in total. The Hall–Kier alpha value is -1.39. The van der Waals surface area contributed by atoms with Crippen LogP contribution >= 0.6 is 0 Å². The van der Waals surface area contributed by atoms with E-state index in [1.807, 2.05) is 30.3 Å². The SMILES string of the molecule is COC(=O)[C@@H](CO)C[C@@H]([NH3+])Cc1ccccc1. The lowest BCUT2D eigenvalue weighted by Gasteiger charge is -2.15. The molecule has 2 atom stereocenters. The third kappa shape index (κ3) is 4.54. The van der Waals surface area contributed by atoms with E-state index in [1.54, 1.807) is 0 Å². The summed E-state index contributed by atoms with van der Waals surface area (Å²) in [6.45, 7) is -0.187. The molecule has 4 heteroatoms. The highest BCUT2D eigenvalue weighted by Gasteiger charge is 2.23. The number of esters is 1. The molecule has 4 N–H and O–H groups in total. The van der Waals surface area contributed by atoms with E-state index in [9.17, 15) is 4.79 Å². The van der Waals surface area contributed by atoms with Gasteiger partial charge in [-0.2, -0.15) is 0 Å². The van der Waals surface area contributed by atoms with Crippen LogP contribution in [0.15, 0.2) is 30.3 Å². The molecule has 0 amide bonds. The van der Waals surface area contributed by atoms with Gasteiger partial charge in [-0.25, -0.2) is 0 Å². The molecule has 0 aliphatic carbocycles. The minimum Gasteiger partial charge on any atom is -0.469 e. The second-order valence-corrected chi connectivity index (χ2v) is 4.19. The molecular formula is C13H20NO3+. The van der Waals surface area contributed by atoms with Gasteiger partial charge in [0.2, 0.25) is 0 Å². The third-order valence-electron chi connectivity index (χ3n) is 2.74. The number of methoxy groups -OCH3 is 1. The standard InChI is InChI=1S/C13H19NO3/c1-17-13(16)11(9-15)8-12(14)7-10-5-3-2-4-6-10/h2-6,11-12,15H,7-9,14H2,1H3/p+1/t11-,12+/m1/s1. The van der Waals surface area contributed by atoms with Crippen LogP contribution in [0.2, 0.25) is 0 Å². The molecular weight excluding hydrogens is 218 g/mol. The maximum absolute atomic E-state index is 11.3. The highest BCUT2D eigenvalue weighted by Crippen LogP contribution is 2.10. The Balaban J connectivity index is 2.48. The highest BCUT2D eigenvalue weighted by molar-refractivity contribution is 5.72. The van der Waals surface area contributed by atoms with Crippen molar-refractivity contribution < 1.29 is 20.4 Å². The van der Waals surface area contributed by atoms with Crippen molar-refractivity contribution in [1.82, 2.24) is 0 Å². The first kappa shape index (κ1) is 13.7. The molecule has 94 valence electrons. The number of ether oxygens (including phenoxy) is 1. The van der Waals surface area contributed by atoms with Crippen LogP contribution in [-0.4, -0.2) is 30.8 Å². The van der Waals surface area contributed by atoms with E-state index in [4.69, 9.17) is 5.11 Å². The maximum atomic E-state index is 11.3. The van der Waals surface area contributed by atoms with Gasteiger partial charge in [0.15, 0.2) is 0 Å². The fourth-order valence-corrected chi connectivity index (χ4v) is 1.85.